The van der Waals surface area contributed by atoms with Crippen molar-refractivity contribution in [1.82, 2.24) is 4.31 Å². The van der Waals surface area contributed by atoms with Gasteiger partial charge in [0, 0.05) is 31.9 Å². The van der Waals surface area contributed by atoms with Crippen LogP contribution in [0, 0.1) is 19.7 Å². The van der Waals surface area contributed by atoms with Gasteiger partial charge in [-0.25, -0.2) is 12.8 Å². The molecule has 0 radical (unpaired) electrons. The fourth-order valence-electron chi connectivity index (χ4n) is 4.03. The van der Waals surface area contributed by atoms with Gasteiger partial charge in [0.15, 0.2) is 0 Å². The zero-order chi connectivity index (χ0) is 25.3. The standard InChI is InChI=1S/C25H24Cl2FN3O3S/c1-16-5-3-8-23(17(16)2)30-11-13-31(14-12-30)35(33,34)18-9-10-21(28)19(15-18)25(32)29-22-7-4-6-20(26)24(22)27/h3-10,15H,11-14H2,1-2H3,(H,29,32). The topological polar surface area (TPSA) is 69.7 Å². The van der Waals surface area contributed by atoms with Gasteiger partial charge < -0.3 is 10.2 Å². The maximum Gasteiger partial charge on any atom is 0.258 e. The Kier molecular flexibility index (Phi) is 7.38. The van der Waals surface area contributed by atoms with Gasteiger partial charge in [0.2, 0.25) is 10.0 Å². The summed E-state index contributed by atoms with van der Waals surface area (Å²) in [6.07, 6.45) is 0. The SMILES string of the molecule is Cc1cccc(N2CCN(S(=O)(=O)c3ccc(F)c(C(=O)Nc4cccc(Cl)c4Cl)c3)CC2)c1C. The highest BCUT2D eigenvalue weighted by Crippen LogP contribution is 2.31. The second-order valence-electron chi connectivity index (χ2n) is 8.31. The number of hydrogen-bond donors (Lipinski definition) is 1. The lowest BCUT2D eigenvalue weighted by molar-refractivity contribution is 0.102. The van der Waals surface area contributed by atoms with E-state index in [4.69, 9.17) is 23.2 Å². The monoisotopic (exact) mass is 535 g/mol. The van der Waals surface area contributed by atoms with E-state index >= 15 is 0 Å². The molecule has 10 heteroatoms. The molecule has 0 unspecified atom stereocenters. The van der Waals surface area contributed by atoms with Crippen molar-refractivity contribution in [3.8, 4) is 0 Å². The Bertz CT molecular complexity index is 1390. The van der Waals surface area contributed by atoms with Crippen molar-refractivity contribution < 1.29 is 17.6 Å². The van der Waals surface area contributed by atoms with Gasteiger partial charge in [0.1, 0.15) is 5.82 Å². The molecule has 0 aromatic heterocycles. The zero-order valence-corrected chi connectivity index (χ0v) is 21.5. The molecule has 1 aliphatic rings. The number of piperazine rings is 1. The number of anilines is 2. The summed E-state index contributed by atoms with van der Waals surface area (Å²) in [6.45, 7) is 5.67. The number of hydrogen-bond acceptors (Lipinski definition) is 4. The minimum Gasteiger partial charge on any atom is -0.369 e. The van der Waals surface area contributed by atoms with Crippen molar-refractivity contribution in [1.29, 1.82) is 0 Å². The quantitative estimate of drug-likeness (QED) is 0.467. The summed E-state index contributed by atoms with van der Waals surface area (Å²) in [5.41, 5.74) is 3.21. The van der Waals surface area contributed by atoms with Gasteiger partial charge in [-0.2, -0.15) is 4.31 Å². The maximum absolute atomic E-state index is 14.5. The molecule has 4 rings (SSSR count). The van der Waals surface area contributed by atoms with E-state index in [0.717, 1.165) is 23.4 Å². The highest BCUT2D eigenvalue weighted by molar-refractivity contribution is 7.89. The molecule has 1 heterocycles. The number of rotatable bonds is 5. The summed E-state index contributed by atoms with van der Waals surface area (Å²) in [4.78, 5) is 14.8. The van der Waals surface area contributed by atoms with Gasteiger partial charge in [-0.1, -0.05) is 41.4 Å². The minimum absolute atomic E-state index is 0.105. The van der Waals surface area contributed by atoms with Crippen molar-refractivity contribution in [2.45, 2.75) is 18.7 Å². The van der Waals surface area contributed by atoms with Crippen molar-refractivity contribution in [2.75, 3.05) is 36.4 Å². The van der Waals surface area contributed by atoms with Crippen LogP contribution in [0.4, 0.5) is 15.8 Å². The first-order valence-corrected chi connectivity index (χ1v) is 13.2. The van der Waals surface area contributed by atoms with E-state index in [1.165, 1.54) is 22.0 Å². The number of benzene rings is 3. The average molecular weight is 536 g/mol. The molecule has 184 valence electrons. The molecule has 35 heavy (non-hydrogen) atoms. The van der Waals surface area contributed by atoms with Crippen LogP contribution < -0.4 is 10.2 Å². The average Bonchev–Trinajstić information content (AvgIpc) is 2.84. The smallest absolute Gasteiger partial charge is 0.258 e. The summed E-state index contributed by atoms with van der Waals surface area (Å²) >= 11 is 12.1. The first-order valence-electron chi connectivity index (χ1n) is 11.0. The molecule has 0 bridgehead atoms. The largest absolute Gasteiger partial charge is 0.369 e. The lowest BCUT2D eigenvalue weighted by Gasteiger charge is -2.36. The molecule has 0 saturated carbocycles. The molecule has 0 aliphatic carbocycles. The van der Waals surface area contributed by atoms with E-state index in [1.807, 2.05) is 25.1 Å². The number of aryl methyl sites for hydroxylation is 1. The van der Waals surface area contributed by atoms with E-state index < -0.39 is 27.3 Å². The van der Waals surface area contributed by atoms with E-state index in [1.54, 1.807) is 12.1 Å². The molecule has 1 aliphatic heterocycles. The predicted octanol–water partition coefficient (Wildman–Crippen LogP) is 5.51. The van der Waals surface area contributed by atoms with Crippen molar-refractivity contribution in [2.24, 2.45) is 0 Å². The number of nitrogens with one attached hydrogen (secondary N) is 1. The van der Waals surface area contributed by atoms with Gasteiger partial charge in [0.25, 0.3) is 5.91 Å². The summed E-state index contributed by atoms with van der Waals surface area (Å²) < 4.78 is 42.5. The Morgan fingerprint density at radius 2 is 1.66 bits per heavy atom. The lowest BCUT2D eigenvalue weighted by Crippen LogP contribution is -2.48. The van der Waals surface area contributed by atoms with Gasteiger partial charge >= 0.3 is 0 Å². The summed E-state index contributed by atoms with van der Waals surface area (Å²) in [5.74, 6) is -1.68. The van der Waals surface area contributed by atoms with E-state index in [2.05, 4.69) is 17.1 Å². The zero-order valence-electron chi connectivity index (χ0n) is 19.2. The fourth-order valence-corrected chi connectivity index (χ4v) is 5.82. The summed E-state index contributed by atoms with van der Waals surface area (Å²) in [5, 5.41) is 2.82. The highest BCUT2D eigenvalue weighted by atomic mass is 35.5. The second-order valence-corrected chi connectivity index (χ2v) is 11.0. The minimum atomic E-state index is -3.93. The predicted molar refractivity (Wildman–Crippen MR) is 138 cm³/mol. The number of sulfonamides is 1. The van der Waals surface area contributed by atoms with Crippen LogP contribution in [-0.2, 0) is 10.0 Å². The van der Waals surface area contributed by atoms with E-state index in [-0.39, 0.29) is 33.7 Å². The Balaban J connectivity index is 1.53. The first-order chi connectivity index (χ1) is 16.6. The number of nitrogens with zero attached hydrogens (tertiary/aromatic N) is 2. The molecule has 1 saturated heterocycles. The van der Waals surface area contributed by atoms with Crippen LogP contribution in [0.25, 0.3) is 0 Å². The van der Waals surface area contributed by atoms with Crippen molar-refractivity contribution >= 4 is 50.5 Å². The Morgan fingerprint density at radius 3 is 2.37 bits per heavy atom. The van der Waals surface area contributed by atoms with Crippen LogP contribution in [0.3, 0.4) is 0 Å². The molecular formula is C25H24Cl2FN3O3S. The molecule has 3 aromatic rings. The summed E-state index contributed by atoms with van der Waals surface area (Å²) in [7, 11) is -3.93. The molecule has 3 aromatic carbocycles. The maximum atomic E-state index is 14.5. The van der Waals surface area contributed by atoms with Crippen LogP contribution in [-0.4, -0.2) is 44.8 Å². The molecule has 1 fully saturated rings. The molecular weight excluding hydrogens is 512 g/mol. The fraction of sp³-hybridized carbons (Fsp3) is 0.240. The van der Waals surface area contributed by atoms with Crippen LogP contribution in [0.1, 0.15) is 21.5 Å². The Labute approximate surface area is 214 Å². The highest BCUT2D eigenvalue weighted by Gasteiger charge is 2.30. The molecule has 0 atom stereocenters. The number of amides is 1. The first kappa shape index (κ1) is 25.4. The van der Waals surface area contributed by atoms with E-state index in [9.17, 15) is 17.6 Å². The third-order valence-electron chi connectivity index (χ3n) is 6.18. The van der Waals surface area contributed by atoms with Crippen LogP contribution in [0.2, 0.25) is 10.0 Å². The Morgan fingerprint density at radius 1 is 0.971 bits per heavy atom. The third-order valence-corrected chi connectivity index (χ3v) is 8.89. The lowest BCUT2D eigenvalue weighted by atomic mass is 10.1. The van der Waals surface area contributed by atoms with Gasteiger partial charge in [-0.15, -0.1) is 0 Å². The normalized spacial score (nSPS) is 14.7. The summed E-state index contributed by atoms with van der Waals surface area (Å²) in [6, 6.07) is 13.9. The van der Waals surface area contributed by atoms with Crippen molar-refractivity contribution in [3.05, 3.63) is 87.2 Å². The van der Waals surface area contributed by atoms with Crippen LogP contribution in [0.15, 0.2) is 59.5 Å². The number of carbonyl (C=O) groups excluding carboxylic acids is 1. The second kappa shape index (κ2) is 10.1. The van der Waals surface area contributed by atoms with Gasteiger partial charge in [-0.05, 0) is 61.4 Å². The molecule has 6 nitrogen and oxygen atoms in total. The van der Waals surface area contributed by atoms with Crippen LogP contribution in [0.5, 0.6) is 0 Å². The van der Waals surface area contributed by atoms with Gasteiger partial charge in [-0.3, -0.25) is 4.79 Å². The van der Waals surface area contributed by atoms with Crippen molar-refractivity contribution in [3.63, 3.8) is 0 Å². The number of halogens is 3. The molecule has 0 spiro atoms. The van der Waals surface area contributed by atoms with Gasteiger partial charge in [0.05, 0.1) is 26.2 Å². The third kappa shape index (κ3) is 5.16. The Hall–Kier alpha value is -2.65. The molecule has 1 amide bonds. The van der Waals surface area contributed by atoms with Crippen LogP contribution >= 0.6 is 23.2 Å². The van der Waals surface area contributed by atoms with E-state index in [0.29, 0.717) is 13.1 Å². The number of carbonyl (C=O) groups is 1. The molecule has 1 N–H and O–H groups in total.